The monoisotopic (exact) mass is 228 g/mol. The van der Waals surface area contributed by atoms with Gasteiger partial charge in [0.25, 0.3) is 6.47 Å². The average Bonchev–Trinajstić information content (AvgIpc) is 2.64. The summed E-state index contributed by atoms with van der Waals surface area (Å²) in [5, 5.41) is 3.52. The Morgan fingerprint density at radius 1 is 1.56 bits per heavy atom. The summed E-state index contributed by atoms with van der Waals surface area (Å²) in [6.45, 7) is 9.59. The fourth-order valence-corrected chi connectivity index (χ4v) is 2.19. The summed E-state index contributed by atoms with van der Waals surface area (Å²) in [6, 6.07) is 1.04. The molecule has 1 heterocycles. The van der Waals surface area contributed by atoms with E-state index in [9.17, 15) is 4.79 Å². The predicted molar refractivity (Wildman–Crippen MR) is 64.0 cm³/mol. The molecule has 2 atom stereocenters. The minimum absolute atomic E-state index is 0.405. The fraction of sp³-hybridized carbons (Fsp3) is 0.917. The van der Waals surface area contributed by atoms with Crippen LogP contribution in [0.1, 0.15) is 33.6 Å². The summed E-state index contributed by atoms with van der Waals surface area (Å²) in [5.41, 5.74) is 0. The van der Waals surface area contributed by atoms with E-state index in [1.807, 2.05) is 0 Å². The Labute approximate surface area is 98.3 Å². The normalized spacial score (nSPS) is 25.3. The van der Waals surface area contributed by atoms with Crippen molar-refractivity contribution in [3.63, 3.8) is 0 Å². The Morgan fingerprint density at radius 3 is 2.81 bits per heavy atom. The van der Waals surface area contributed by atoms with E-state index in [4.69, 9.17) is 4.74 Å². The second-order valence-electron chi connectivity index (χ2n) is 4.91. The first-order valence-electron chi connectivity index (χ1n) is 6.17. The molecule has 4 heteroatoms. The van der Waals surface area contributed by atoms with Crippen LogP contribution >= 0.6 is 0 Å². The van der Waals surface area contributed by atoms with E-state index in [0.717, 1.165) is 25.4 Å². The summed E-state index contributed by atoms with van der Waals surface area (Å²) < 4.78 is 4.82. The highest BCUT2D eigenvalue weighted by Gasteiger charge is 2.23. The molecule has 0 amide bonds. The van der Waals surface area contributed by atoms with Gasteiger partial charge in [0.1, 0.15) is 6.73 Å². The van der Waals surface area contributed by atoms with Gasteiger partial charge in [-0.05, 0) is 39.2 Å². The van der Waals surface area contributed by atoms with Crippen LogP contribution < -0.4 is 5.32 Å². The number of carbonyl (C=O) groups excluding carboxylic acids is 1. The van der Waals surface area contributed by atoms with Gasteiger partial charge in [-0.15, -0.1) is 0 Å². The van der Waals surface area contributed by atoms with E-state index in [2.05, 4.69) is 31.0 Å². The van der Waals surface area contributed by atoms with Crippen molar-refractivity contribution in [1.29, 1.82) is 0 Å². The molecular weight excluding hydrogens is 204 g/mol. The van der Waals surface area contributed by atoms with Crippen LogP contribution in [0, 0.1) is 5.92 Å². The molecule has 0 aliphatic carbocycles. The zero-order valence-corrected chi connectivity index (χ0v) is 10.6. The zero-order chi connectivity index (χ0) is 12.0. The quantitative estimate of drug-likeness (QED) is 0.525. The van der Waals surface area contributed by atoms with Crippen LogP contribution in [0.15, 0.2) is 0 Å². The first-order chi connectivity index (χ1) is 7.65. The number of hydrogen-bond donors (Lipinski definition) is 1. The number of hydrogen-bond acceptors (Lipinski definition) is 4. The van der Waals surface area contributed by atoms with E-state index in [1.165, 1.54) is 6.42 Å². The lowest BCUT2D eigenvalue weighted by Gasteiger charge is -2.27. The summed E-state index contributed by atoms with van der Waals surface area (Å²) >= 11 is 0. The second-order valence-corrected chi connectivity index (χ2v) is 4.91. The van der Waals surface area contributed by atoms with Crippen molar-refractivity contribution in [2.24, 2.45) is 5.92 Å². The van der Waals surface area contributed by atoms with Crippen LogP contribution in [0.5, 0.6) is 0 Å². The molecule has 0 bridgehead atoms. The van der Waals surface area contributed by atoms with Gasteiger partial charge in [0.2, 0.25) is 0 Å². The van der Waals surface area contributed by atoms with E-state index >= 15 is 0 Å². The molecular formula is C12H24N2O2. The van der Waals surface area contributed by atoms with Gasteiger partial charge in [0.15, 0.2) is 0 Å². The molecule has 4 nitrogen and oxygen atoms in total. The van der Waals surface area contributed by atoms with Crippen LogP contribution in [0.25, 0.3) is 0 Å². The van der Waals surface area contributed by atoms with Gasteiger partial charge in [-0.3, -0.25) is 9.69 Å². The maximum absolute atomic E-state index is 10.2. The summed E-state index contributed by atoms with van der Waals surface area (Å²) in [4.78, 5) is 12.4. The number of ether oxygens (including phenoxy) is 1. The molecule has 1 aliphatic rings. The highest BCUT2D eigenvalue weighted by Crippen LogP contribution is 2.17. The Bertz CT molecular complexity index is 209. The molecule has 16 heavy (non-hydrogen) atoms. The van der Waals surface area contributed by atoms with Crippen molar-refractivity contribution >= 4 is 6.47 Å². The van der Waals surface area contributed by atoms with Gasteiger partial charge in [0, 0.05) is 18.6 Å². The largest absolute Gasteiger partial charge is 0.452 e. The molecule has 0 radical (unpaired) electrons. The Kier molecular flexibility index (Phi) is 5.77. The first kappa shape index (κ1) is 13.5. The van der Waals surface area contributed by atoms with Gasteiger partial charge in [-0.1, -0.05) is 6.92 Å². The molecule has 0 aromatic carbocycles. The van der Waals surface area contributed by atoms with Crippen LogP contribution in [0.3, 0.4) is 0 Å². The molecule has 1 saturated heterocycles. The molecule has 0 spiro atoms. The molecule has 1 N–H and O–H groups in total. The lowest BCUT2D eigenvalue weighted by molar-refractivity contribution is -0.134. The number of nitrogens with one attached hydrogen (secondary N) is 1. The molecule has 1 rings (SSSR count). The van der Waals surface area contributed by atoms with E-state index < -0.39 is 0 Å². The van der Waals surface area contributed by atoms with Gasteiger partial charge in [0.05, 0.1) is 0 Å². The lowest BCUT2D eigenvalue weighted by Crippen LogP contribution is -2.37. The van der Waals surface area contributed by atoms with E-state index in [1.54, 1.807) is 0 Å². The van der Waals surface area contributed by atoms with Crippen LogP contribution in [-0.4, -0.2) is 43.3 Å². The molecule has 2 unspecified atom stereocenters. The minimum atomic E-state index is 0.405. The van der Waals surface area contributed by atoms with Gasteiger partial charge < -0.3 is 10.1 Å². The Morgan fingerprint density at radius 2 is 2.31 bits per heavy atom. The summed E-state index contributed by atoms with van der Waals surface area (Å²) in [6.07, 6.45) is 2.40. The highest BCUT2D eigenvalue weighted by atomic mass is 16.5. The van der Waals surface area contributed by atoms with E-state index in [0.29, 0.717) is 25.3 Å². The fourth-order valence-electron chi connectivity index (χ4n) is 2.19. The Hall–Kier alpha value is -0.610. The highest BCUT2D eigenvalue weighted by molar-refractivity contribution is 5.36. The van der Waals surface area contributed by atoms with Crippen LogP contribution in [0.2, 0.25) is 0 Å². The number of nitrogens with zero attached hydrogens (tertiary/aromatic N) is 1. The number of carbonyl (C=O) groups is 1. The SMILES string of the molecule is CC1CCNC1CCN(COC=O)C(C)C. The maximum atomic E-state index is 10.2. The van der Waals surface area contributed by atoms with Crippen molar-refractivity contribution in [2.45, 2.75) is 45.7 Å². The van der Waals surface area contributed by atoms with Crippen LogP contribution in [-0.2, 0) is 9.53 Å². The van der Waals surface area contributed by atoms with Gasteiger partial charge >= 0.3 is 0 Å². The van der Waals surface area contributed by atoms with E-state index in [-0.39, 0.29) is 0 Å². The van der Waals surface area contributed by atoms with Crippen molar-refractivity contribution in [2.75, 3.05) is 19.8 Å². The third kappa shape index (κ3) is 4.10. The van der Waals surface area contributed by atoms with Gasteiger partial charge in [-0.25, -0.2) is 0 Å². The zero-order valence-electron chi connectivity index (χ0n) is 10.6. The molecule has 1 aliphatic heterocycles. The maximum Gasteiger partial charge on any atom is 0.294 e. The smallest absolute Gasteiger partial charge is 0.294 e. The lowest BCUT2D eigenvalue weighted by atomic mass is 10.0. The summed E-state index contributed by atoms with van der Waals surface area (Å²) in [7, 11) is 0. The average molecular weight is 228 g/mol. The number of rotatable bonds is 7. The van der Waals surface area contributed by atoms with Crippen molar-refractivity contribution < 1.29 is 9.53 Å². The third-order valence-corrected chi connectivity index (χ3v) is 3.46. The first-order valence-corrected chi connectivity index (χ1v) is 6.17. The Balaban J connectivity index is 2.28. The van der Waals surface area contributed by atoms with Crippen molar-refractivity contribution in [1.82, 2.24) is 10.2 Å². The molecule has 94 valence electrons. The van der Waals surface area contributed by atoms with Gasteiger partial charge in [-0.2, -0.15) is 0 Å². The predicted octanol–water partition coefficient (Wildman–Crippen LogP) is 1.22. The molecule has 0 aromatic heterocycles. The molecule has 0 saturated carbocycles. The minimum Gasteiger partial charge on any atom is -0.452 e. The molecule has 0 aromatic rings. The standard InChI is InChI=1S/C12H24N2O2/c1-10(2)14(8-16-9-15)7-5-12-11(3)4-6-13-12/h9-13H,4-8H2,1-3H3. The topological polar surface area (TPSA) is 41.6 Å². The second kappa shape index (κ2) is 6.86. The molecule has 1 fully saturated rings. The van der Waals surface area contributed by atoms with Crippen LogP contribution in [0.4, 0.5) is 0 Å². The van der Waals surface area contributed by atoms with Crippen molar-refractivity contribution in [3.05, 3.63) is 0 Å². The summed E-state index contributed by atoms with van der Waals surface area (Å²) in [5.74, 6) is 0.765. The third-order valence-electron chi connectivity index (χ3n) is 3.46. The van der Waals surface area contributed by atoms with Crippen molar-refractivity contribution in [3.8, 4) is 0 Å².